The number of rotatable bonds is 6. The van der Waals surface area contributed by atoms with Gasteiger partial charge < -0.3 is 15.4 Å². The summed E-state index contributed by atoms with van der Waals surface area (Å²) < 4.78 is 5.71. The first kappa shape index (κ1) is 17.8. The predicted molar refractivity (Wildman–Crippen MR) is 102 cm³/mol. The summed E-state index contributed by atoms with van der Waals surface area (Å²) in [4.78, 5) is 11.9. The van der Waals surface area contributed by atoms with Crippen LogP contribution in [0.4, 0.5) is 0 Å². The highest BCUT2D eigenvalue weighted by Crippen LogP contribution is 2.36. The Morgan fingerprint density at radius 3 is 2.72 bits per heavy atom. The molecule has 0 saturated carbocycles. The highest BCUT2D eigenvalue weighted by atomic mass is 35.5. The molecule has 2 aromatic rings. The number of benzene rings is 2. The molecule has 2 aromatic carbocycles. The Morgan fingerprint density at radius 1 is 1.12 bits per heavy atom. The average Bonchev–Trinajstić information content (AvgIpc) is 2.61. The van der Waals surface area contributed by atoms with Crippen LogP contribution >= 0.6 is 23.2 Å². The van der Waals surface area contributed by atoms with E-state index in [-0.39, 0.29) is 5.91 Å². The molecule has 0 bridgehead atoms. The van der Waals surface area contributed by atoms with E-state index in [1.807, 2.05) is 30.3 Å². The number of carbonyl (C=O) groups excluding carboxylic acids is 1. The number of ether oxygens (including phenoxy) is 1. The quantitative estimate of drug-likeness (QED) is 0.754. The van der Waals surface area contributed by atoms with Gasteiger partial charge in [-0.05, 0) is 35.9 Å². The molecule has 0 radical (unpaired) electrons. The fourth-order valence-electron chi connectivity index (χ4n) is 2.57. The van der Waals surface area contributed by atoms with Gasteiger partial charge in [-0.1, -0.05) is 41.4 Å². The van der Waals surface area contributed by atoms with Gasteiger partial charge in [-0.3, -0.25) is 4.79 Å². The Kier molecular flexibility index (Phi) is 5.97. The SMILES string of the molecule is O=C(NCCNCC1=Cc2cc(Cl)cc(Cl)c2OC1)c1ccccc1. The summed E-state index contributed by atoms with van der Waals surface area (Å²) in [5, 5.41) is 7.28. The molecule has 6 heteroatoms. The standard InChI is InChI=1S/C19H18Cl2N2O2/c20-16-9-15-8-13(12-25-18(15)17(21)10-16)11-22-6-7-23-19(24)14-4-2-1-3-5-14/h1-5,8-10,22H,6-7,11-12H2,(H,23,24). The van der Waals surface area contributed by atoms with Crippen LogP contribution in [0, 0.1) is 0 Å². The molecule has 0 spiro atoms. The van der Waals surface area contributed by atoms with Crippen LogP contribution in [0.15, 0.2) is 48.0 Å². The number of fused-ring (bicyclic) bond motifs is 1. The Morgan fingerprint density at radius 2 is 1.92 bits per heavy atom. The molecule has 0 saturated heterocycles. The third-order valence-corrected chi connectivity index (χ3v) is 4.27. The van der Waals surface area contributed by atoms with Crippen molar-refractivity contribution in [2.75, 3.05) is 26.2 Å². The highest BCUT2D eigenvalue weighted by molar-refractivity contribution is 6.36. The largest absolute Gasteiger partial charge is 0.487 e. The van der Waals surface area contributed by atoms with E-state index in [2.05, 4.69) is 10.6 Å². The van der Waals surface area contributed by atoms with Gasteiger partial charge in [0, 0.05) is 35.8 Å². The highest BCUT2D eigenvalue weighted by Gasteiger charge is 2.15. The first-order chi connectivity index (χ1) is 12.1. The fourth-order valence-corrected chi connectivity index (χ4v) is 3.14. The van der Waals surface area contributed by atoms with Gasteiger partial charge in [-0.15, -0.1) is 0 Å². The number of carbonyl (C=O) groups is 1. The molecule has 0 atom stereocenters. The maximum Gasteiger partial charge on any atom is 0.251 e. The van der Waals surface area contributed by atoms with Crippen LogP contribution in [-0.2, 0) is 0 Å². The van der Waals surface area contributed by atoms with E-state index in [0.717, 1.165) is 11.1 Å². The maximum absolute atomic E-state index is 11.9. The topological polar surface area (TPSA) is 50.4 Å². The summed E-state index contributed by atoms with van der Waals surface area (Å²) in [6.45, 7) is 2.37. The van der Waals surface area contributed by atoms with Crippen LogP contribution in [0.5, 0.6) is 5.75 Å². The zero-order valence-electron chi connectivity index (χ0n) is 13.5. The average molecular weight is 377 g/mol. The molecule has 4 nitrogen and oxygen atoms in total. The van der Waals surface area contributed by atoms with E-state index < -0.39 is 0 Å². The summed E-state index contributed by atoms with van der Waals surface area (Å²) in [6, 6.07) is 12.7. The van der Waals surface area contributed by atoms with E-state index in [0.29, 0.717) is 47.6 Å². The van der Waals surface area contributed by atoms with E-state index in [1.165, 1.54) is 0 Å². The van der Waals surface area contributed by atoms with Crippen molar-refractivity contribution in [2.45, 2.75) is 0 Å². The second-order valence-corrected chi connectivity index (χ2v) is 6.54. The van der Waals surface area contributed by atoms with Gasteiger partial charge in [0.25, 0.3) is 5.91 Å². The molecule has 0 aromatic heterocycles. The van der Waals surface area contributed by atoms with Crippen molar-refractivity contribution in [3.05, 3.63) is 69.2 Å². The molecular formula is C19H18Cl2N2O2. The molecule has 3 rings (SSSR count). The molecule has 25 heavy (non-hydrogen) atoms. The molecule has 1 aliphatic heterocycles. The van der Waals surface area contributed by atoms with Crippen molar-refractivity contribution < 1.29 is 9.53 Å². The summed E-state index contributed by atoms with van der Waals surface area (Å²) in [7, 11) is 0. The second-order valence-electron chi connectivity index (χ2n) is 5.70. The van der Waals surface area contributed by atoms with Gasteiger partial charge >= 0.3 is 0 Å². The van der Waals surface area contributed by atoms with Gasteiger partial charge in [0.1, 0.15) is 12.4 Å². The molecule has 130 valence electrons. The molecule has 0 unspecified atom stereocenters. The summed E-state index contributed by atoms with van der Waals surface area (Å²) in [5.41, 5.74) is 2.65. The molecule has 1 aliphatic rings. The van der Waals surface area contributed by atoms with Crippen molar-refractivity contribution in [3.8, 4) is 5.75 Å². The number of nitrogens with one attached hydrogen (secondary N) is 2. The van der Waals surface area contributed by atoms with E-state index in [1.54, 1.807) is 18.2 Å². The third-order valence-electron chi connectivity index (χ3n) is 3.77. The zero-order chi connectivity index (χ0) is 17.6. The van der Waals surface area contributed by atoms with Gasteiger partial charge in [-0.2, -0.15) is 0 Å². The van der Waals surface area contributed by atoms with Gasteiger partial charge in [0.05, 0.1) is 5.02 Å². The monoisotopic (exact) mass is 376 g/mol. The number of halogens is 2. The Bertz CT molecular complexity index is 792. The summed E-state index contributed by atoms with van der Waals surface area (Å²) in [6.07, 6.45) is 2.03. The summed E-state index contributed by atoms with van der Waals surface area (Å²) in [5.74, 6) is 0.603. The van der Waals surface area contributed by atoms with Crippen LogP contribution in [0.25, 0.3) is 6.08 Å². The lowest BCUT2D eigenvalue weighted by molar-refractivity contribution is 0.0954. The number of hydrogen-bond donors (Lipinski definition) is 2. The smallest absolute Gasteiger partial charge is 0.251 e. The van der Waals surface area contributed by atoms with E-state index in [4.69, 9.17) is 27.9 Å². The van der Waals surface area contributed by atoms with Crippen molar-refractivity contribution in [1.82, 2.24) is 10.6 Å². The van der Waals surface area contributed by atoms with Crippen LogP contribution < -0.4 is 15.4 Å². The van der Waals surface area contributed by atoms with Gasteiger partial charge in [-0.25, -0.2) is 0 Å². The van der Waals surface area contributed by atoms with Crippen molar-refractivity contribution in [1.29, 1.82) is 0 Å². The predicted octanol–water partition coefficient (Wildman–Crippen LogP) is 3.79. The summed E-state index contributed by atoms with van der Waals surface area (Å²) >= 11 is 12.2. The molecule has 0 fully saturated rings. The lowest BCUT2D eigenvalue weighted by atomic mass is 10.1. The molecule has 2 N–H and O–H groups in total. The normalized spacial score (nSPS) is 12.8. The Balaban J connectivity index is 1.45. The first-order valence-corrected chi connectivity index (χ1v) is 8.74. The second kappa shape index (κ2) is 8.39. The molecule has 0 aliphatic carbocycles. The van der Waals surface area contributed by atoms with Crippen molar-refractivity contribution in [3.63, 3.8) is 0 Å². The molecule has 1 amide bonds. The lowest BCUT2D eigenvalue weighted by Crippen LogP contribution is -2.33. The van der Waals surface area contributed by atoms with Crippen LogP contribution in [0.3, 0.4) is 0 Å². The van der Waals surface area contributed by atoms with Crippen molar-refractivity contribution >= 4 is 35.2 Å². The first-order valence-electron chi connectivity index (χ1n) is 7.99. The van der Waals surface area contributed by atoms with Crippen LogP contribution in [0.1, 0.15) is 15.9 Å². The van der Waals surface area contributed by atoms with Crippen molar-refractivity contribution in [2.24, 2.45) is 0 Å². The molecule has 1 heterocycles. The van der Waals surface area contributed by atoms with Gasteiger partial charge in [0.2, 0.25) is 0 Å². The minimum atomic E-state index is -0.0687. The lowest BCUT2D eigenvalue weighted by Gasteiger charge is -2.19. The maximum atomic E-state index is 11.9. The Hall–Kier alpha value is -2.01. The van der Waals surface area contributed by atoms with E-state index in [9.17, 15) is 4.79 Å². The van der Waals surface area contributed by atoms with Crippen LogP contribution in [-0.4, -0.2) is 32.1 Å². The third kappa shape index (κ3) is 4.75. The van der Waals surface area contributed by atoms with Crippen LogP contribution in [0.2, 0.25) is 10.0 Å². The minimum absolute atomic E-state index is 0.0687. The Labute approximate surface area is 156 Å². The zero-order valence-corrected chi connectivity index (χ0v) is 15.0. The van der Waals surface area contributed by atoms with Gasteiger partial charge in [0.15, 0.2) is 0 Å². The molecular weight excluding hydrogens is 359 g/mol. The number of amides is 1. The number of hydrogen-bond acceptors (Lipinski definition) is 3. The van der Waals surface area contributed by atoms with E-state index >= 15 is 0 Å². The fraction of sp³-hybridized carbons (Fsp3) is 0.211. The minimum Gasteiger partial charge on any atom is -0.487 e.